The number of amides is 1. The normalized spacial score (nSPS) is 19.0. The Hall–Kier alpha value is -1.42. The highest BCUT2D eigenvalue weighted by atomic mass is 16.2. The van der Waals surface area contributed by atoms with Crippen molar-refractivity contribution in [3.8, 4) is 0 Å². The summed E-state index contributed by atoms with van der Waals surface area (Å²) in [6.45, 7) is 8.57. The van der Waals surface area contributed by atoms with Crippen LogP contribution >= 0.6 is 0 Å². The van der Waals surface area contributed by atoms with Crippen LogP contribution in [0, 0.1) is 0 Å². The second-order valence-corrected chi connectivity index (χ2v) is 5.88. The Kier molecular flexibility index (Phi) is 5.74. The molecule has 1 aromatic rings. The smallest absolute Gasteiger partial charge is 0.228 e. The number of hydrogen-bond donors (Lipinski definition) is 0. The standard InChI is InChI=1S/C17H27N3O/c1-4-17(21)20(16-10-6-7-11-18-16)15(3)14(2)19-12-8-5-9-13-19/h6-7,10-11,14-15H,4-5,8-9,12-13H2,1-3H3. The van der Waals surface area contributed by atoms with Crippen LogP contribution in [0.5, 0.6) is 0 Å². The van der Waals surface area contributed by atoms with E-state index in [0.29, 0.717) is 12.5 Å². The first-order valence-electron chi connectivity index (χ1n) is 8.12. The molecule has 0 radical (unpaired) electrons. The van der Waals surface area contributed by atoms with E-state index in [4.69, 9.17) is 0 Å². The molecule has 2 heterocycles. The average Bonchev–Trinajstić information content (AvgIpc) is 2.55. The lowest BCUT2D eigenvalue weighted by molar-refractivity contribution is -0.119. The molecule has 21 heavy (non-hydrogen) atoms. The molecule has 1 saturated heterocycles. The molecule has 1 amide bonds. The second kappa shape index (κ2) is 7.55. The van der Waals surface area contributed by atoms with Crippen molar-refractivity contribution in [2.24, 2.45) is 0 Å². The lowest BCUT2D eigenvalue weighted by Crippen LogP contribution is -2.52. The summed E-state index contributed by atoms with van der Waals surface area (Å²) in [5.41, 5.74) is 0. The Morgan fingerprint density at radius 2 is 2.00 bits per heavy atom. The maximum atomic E-state index is 12.4. The maximum absolute atomic E-state index is 12.4. The largest absolute Gasteiger partial charge is 0.299 e. The van der Waals surface area contributed by atoms with E-state index in [2.05, 4.69) is 23.7 Å². The number of anilines is 1. The van der Waals surface area contributed by atoms with Crippen LogP contribution in [0.4, 0.5) is 5.82 Å². The summed E-state index contributed by atoms with van der Waals surface area (Å²) < 4.78 is 0. The average molecular weight is 289 g/mol. The molecule has 0 bridgehead atoms. The molecule has 0 aromatic carbocycles. The maximum Gasteiger partial charge on any atom is 0.228 e. The van der Waals surface area contributed by atoms with Crippen molar-refractivity contribution in [3.05, 3.63) is 24.4 Å². The van der Waals surface area contributed by atoms with Crippen LogP contribution in [-0.2, 0) is 4.79 Å². The summed E-state index contributed by atoms with van der Waals surface area (Å²) in [7, 11) is 0. The van der Waals surface area contributed by atoms with Gasteiger partial charge in [-0.25, -0.2) is 4.98 Å². The van der Waals surface area contributed by atoms with Gasteiger partial charge in [-0.3, -0.25) is 14.6 Å². The quantitative estimate of drug-likeness (QED) is 0.836. The van der Waals surface area contributed by atoms with Crippen molar-refractivity contribution >= 4 is 11.7 Å². The Balaban J connectivity index is 2.17. The van der Waals surface area contributed by atoms with Gasteiger partial charge < -0.3 is 0 Å². The first kappa shape index (κ1) is 16.0. The van der Waals surface area contributed by atoms with Crippen molar-refractivity contribution in [1.82, 2.24) is 9.88 Å². The number of hydrogen-bond acceptors (Lipinski definition) is 3. The predicted octanol–water partition coefficient (Wildman–Crippen LogP) is 3.09. The third-order valence-corrected chi connectivity index (χ3v) is 4.54. The van der Waals surface area contributed by atoms with Crippen molar-refractivity contribution in [2.75, 3.05) is 18.0 Å². The third kappa shape index (κ3) is 3.82. The second-order valence-electron chi connectivity index (χ2n) is 5.88. The number of carbonyl (C=O) groups is 1. The van der Waals surface area contributed by atoms with E-state index in [-0.39, 0.29) is 11.9 Å². The number of carbonyl (C=O) groups excluding carboxylic acids is 1. The molecular weight excluding hydrogens is 262 g/mol. The van der Waals surface area contributed by atoms with Crippen LogP contribution in [0.1, 0.15) is 46.5 Å². The van der Waals surface area contributed by atoms with Gasteiger partial charge in [0.1, 0.15) is 5.82 Å². The van der Waals surface area contributed by atoms with E-state index < -0.39 is 0 Å². The Morgan fingerprint density at radius 3 is 2.57 bits per heavy atom. The summed E-state index contributed by atoms with van der Waals surface area (Å²) in [5, 5.41) is 0. The van der Waals surface area contributed by atoms with Crippen LogP contribution in [0.15, 0.2) is 24.4 Å². The fourth-order valence-electron chi connectivity index (χ4n) is 3.08. The fraction of sp³-hybridized carbons (Fsp3) is 0.647. The topological polar surface area (TPSA) is 36.4 Å². The minimum atomic E-state index is 0.130. The lowest BCUT2D eigenvalue weighted by atomic mass is 10.0. The van der Waals surface area contributed by atoms with E-state index in [1.54, 1.807) is 6.20 Å². The lowest BCUT2D eigenvalue weighted by Gasteiger charge is -2.40. The number of likely N-dealkylation sites (tertiary alicyclic amines) is 1. The van der Waals surface area contributed by atoms with Crippen molar-refractivity contribution in [2.45, 2.75) is 58.5 Å². The molecule has 1 aliphatic heterocycles. The van der Waals surface area contributed by atoms with Crippen LogP contribution in [0.3, 0.4) is 0 Å². The minimum Gasteiger partial charge on any atom is -0.299 e. The van der Waals surface area contributed by atoms with Gasteiger partial charge >= 0.3 is 0 Å². The van der Waals surface area contributed by atoms with Crippen molar-refractivity contribution in [1.29, 1.82) is 0 Å². The Morgan fingerprint density at radius 1 is 1.29 bits per heavy atom. The number of pyridine rings is 1. The number of rotatable bonds is 5. The third-order valence-electron chi connectivity index (χ3n) is 4.54. The highest BCUT2D eigenvalue weighted by Crippen LogP contribution is 2.21. The molecule has 1 fully saturated rings. The predicted molar refractivity (Wildman–Crippen MR) is 86.4 cm³/mol. The molecule has 2 rings (SSSR count). The van der Waals surface area contributed by atoms with Crippen molar-refractivity contribution in [3.63, 3.8) is 0 Å². The first-order chi connectivity index (χ1) is 10.1. The zero-order chi connectivity index (χ0) is 15.2. The Labute approximate surface area is 128 Å². The molecule has 0 aliphatic carbocycles. The molecule has 2 unspecified atom stereocenters. The van der Waals surface area contributed by atoms with Crippen molar-refractivity contribution < 1.29 is 4.79 Å². The number of piperidine rings is 1. The summed E-state index contributed by atoms with van der Waals surface area (Å²) >= 11 is 0. The summed E-state index contributed by atoms with van der Waals surface area (Å²) in [4.78, 5) is 21.2. The van der Waals surface area contributed by atoms with Crippen LogP contribution in [0.2, 0.25) is 0 Å². The van der Waals surface area contributed by atoms with Gasteiger partial charge in [-0.1, -0.05) is 19.4 Å². The fourth-order valence-corrected chi connectivity index (χ4v) is 3.08. The molecule has 1 aromatic heterocycles. The van der Waals surface area contributed by atoms with Crippen LogP contribution < -0.4 is 4.90 Å². The molecule has 4 heteroatoms. The first-order valence-corrected chi connectivity index (χ1v) is 8.12. The van der Waals surface area contributed by atoms with Gasteiger partial charge in [0.2, 0.25) is 5.91 Å². The highest BCUT2D eigenvalue weighted by Gasteiger charge is 2.29. The number of aromatic nitrogens is 1. The molecule has 0 N–H and O–H groups in total. The Bertz CT molecular complexity index is 443. The monoisotopic (exact) mass is 289 g/mol. The van der Waals surface area contributed by atoms with Gasteiger partial charge in [-0.15, -0.1) is 0 Å². The molecule has 2 atom stereocenters. The van der Waals surface area contributed by atoms with Gasteiger partial charge in [-0.2, -0.15) is 0 Å². The van der Waals surface area contributed by atoms with Gasteiger partial charge in [0.05, 0.1) is 6.04 Å². The molecule has 0 spiro atoms. The summed E-state index contributed by atoms with van der Waals surface area (Å²) in [6.07, 6.45) is 6.12. The highest BCUT2D eigenvalue weighted by molar-refractivity contribution is 5.92. The zero-order valence-electron chi connectivity index (χ0n) is 13.5. The molecule has 116 valence electrons. The van der Waals surface area contributed by atoms with E-state index in [9.17, 15) is 4.79 Å². The molecule has 0 saturated carbocycles. The number of nitrogens with zero attached hydrogens (tertiary/aromatic N) is 3. The molecule has 4 nitrogen and oxygen atoms in total. The van der Waals surface area contributed by atoms with Crippen LogP contribution in [-0.4, -0.2) is 41.0 Å². The van der Waals surface area contributed by atoms with E-state index in [1.165, 1.54) is 19.3 Å². The van der Waals surface area contributed by atoms with Gasteiger partial charge in [-0.05, 0) is 51.9 Å². The summed E-state index contributed by atoms with van der Waals surface area (Å²) in [5.74, 6) is 0.908. The van der Waals surface area contributed by atoms with E-state index in [1.807, 2.05) is 30.0 Å². The van der Waals surface area contributed by atoms with E-state index in [0.717, 1.165) is 18.9 Å². The zero-order valence-corrected chi connectivity index (χ0v) is 13.5. The molecule has 1 aliphatic rings. The molecular formula is C17H27N3O. The SMILES string of the molecule is CCC(=O)N(c1ccccn1)C(C)C(C)N1CCCCC1. The minimum absolute atomic E-state index is 0.130. The van der Waals surface area contributed by atoms with Gasteiger partial charge in [0, 0.05) is 18.7 Å². The van der Waals surface area contributed by atoms with E-state index >= 15 is 0 Å². The van der Waals surface area contributed by atoms with Crippen LogP contribution in [0.25, 0.3) is 0 Å². The van der Waals surface area contributed by atoms with Gasteiger partial charge in [0.15, 0.2) is 0 Å². The summed E-state index contributed by atoms with van der Waals surface area (Å²) in [6, 6.07) is 6.23. The van der Waals surface area contributed by atoms with Gasteiger partial charge in [0.25, 0.3) is 0 Å².